The van der Waals surface area contributed by atoms with Crippen LogP contribution in [0.2, 0.25) is 0 Å². The summed E-state index contributed by atoms with van der Waals surface area (Å²) >= 11 is 1.86. The minimum atomic E-state index is 0.994. The van der Waals surface area contributed by atoms with Crippen molar-refractivity contribution in [2.75, 3.05) is 5.73 Å². The van der Waals surface area contributed by atoms with Gasteiger partial charge in [0.1, 0.15) is 0 Å². The Labute approximate surface area is 72.2 Å². The summed E-state index contributed by atoms with van der Waals surface area (Å²) in [5.74, 6) is 0. The van der Waals surface area contributed by atoms with Crippen LogP contribution in [0.1, 0.15) is 30.0 Å². The van der Waals surface area contributed by atoms with Crippen LogP contribution in [0.15, 0.2) is 6.07 Å². The van der Waals surface area contributed by atoms with E-state index in [0.717, 1.165) is 18.5 Å². The van der Waals surface area contributed by atoms with Crippen LogP contribution in [0.3, 0.4) is 0 Å². The van der Waals surface area contributed by atoms with Gasteiger partial charge in [-0.1, -0.05) is 20.3 Å². The van der Waals surface area contributed by atoms with Crippen LogP contribution >= 0.6 is 11.3 Å². The fourth-order valence-corrected chi connectivity index (χ4v) is 2.23. The Morgan fingerprint density at radius 3 is 2.64 bits per heavy atom. The molecule has 1 aromatic rings. The summed E-state index contributed by atoms with van der Waals surface area (Å²) in [5, 5.41) is 0. The number of nitrogens with two attached hydrogens (primary N) is 1. The van der Waals surface area contributed by atoms with Crippen LogP contribution in [0.4, 0.5) is 5.69 Å². The van der Waals surface area contributed by atoms with Crippen LogP contribution in [0.25, 0.3) is 0 Å². The Balaban J connectivity index is 2.79. The van der Waals surface area contributed by atoms with Crippen molar-refractivity contribution in [2.24, 2.45) is 0 Å². The van der Waals surface area contributed by atoms with Crippen molar-refractivity contribution < 1.29 is 0 Å². The first-order chi connectivity index (χ1) is 5.27. The molecule has 0 unspecified atom stereocenters. The van der Waals surface area contributed by atoms with E-state index in [4.69, 9.17) is 5.73 Å². The predicted octanol–water partition coefficient (Wildman–Crippen LogP) is 2.85. The summed E-state index contributed by atoms with van der Waals surface area (Å²) in [6.07, 6.45) is 3.43. The average molecular weight is 169 g/mol. The Bertz CT molecular complexity index is 227. The quantitative estimate of drug-likeness (QED) is 0.739. The molecule has 0 aliphatic carbocycles. The second-order valence-corrected chi connectivity index (χ2v) is 3.92. The predicted molar refractivity (Wildman–Crippen MR) is 52.1 cm³/mol. The molecule has 0 amide bonds. The fraction of sp³-hybridized carbons (Fsp3) is 0.556. The monoisotopic (exact) mass is 169 g/mol. The first-order valence-electron chi connectivity index (χ1n) is 4.15. The Morgan fingerprint density at radius 2 is 2.18 bits per heavy atom. The minimum absolute atomic E-state index is 0.994. The molecule has 0 radical (unpaired) electrons. The molecule has 0 atom stereocenters. The molecule has 0 aromatic carbocycles. The van der Waals surface area contributed by atoms with Crippen molar-refractivity contribution in [3.8, 4) is 0 Å². The molecular weight excluding hydrogens is 154 g/mol. The summed E-state index contributed by atoms with van der Waals surface area (Å²) in [7, 11) is 0. The van der Waals surface area contributed by atoms with Gasteiger partial charge in [-0.2, -0.15) is 0 Å². The molecule has 62 valence electrons. The van der Waals surface area contributed by atoms with Crippen molar-refractivity contribution in [3.63, 3.8) is 0 Å². The van der Waals surface area contributed by atoms with Gasteiger partial charge in [0.2, 0.25) is 0 Å². The van der Waals surface area contributed by atoms with Crippen LogP contribution in [0, 0.1) is 0 Å². The van der Waals surface area contributed by atoms with Gasteiger partial charge >= 0.3 is 0 Å². The molecule has 0 aliphatic heterocycles. The standard InChI is InChI=1S/C9H15NS/c1-3-5-9-8(10)6-7(4-2)11-9/h6H,3-5,10H2,1-2H3. The molecule has 1 nitrogen and oxygen atoms in total. The molecule has 0 bridgehead atoms. The Morgan fingerprint density at radius 1 is 1.45 bits per heavy atom. The van der Waals surface area contributed by atoms with Gasteiger partial charge in [0.05, 0.1) is 0 Å². The maximum atomic E-state index is 5.81. The van der Waals surface area contributed by atoms with Crippen molar-refractivity contribution in [1.29, 1.82) is 0 Å². The first-order valence-corrected chi connectivity index (χ1v) is 4.96. The highest BCUT2D eigenvalue weighted by Crippen LogP contribution is 2.25. The number of hydrogen-bond acceptors (Lipinski definition) is 2. The van der Waals surface area contributed by atoms with E-state index in [2.05, 4.69) is 19.9 Å². The van der Waals surface area contributed by atoms with Crippen molar-refractivity contribution in [2.45, 2.75) is 33.1 Å². The third-order valence-electron chi connectivity index (χ3n) is 1.72. The lowest BCUT2D eigenvalue weighted by molar-refractivity contribution is 0.942. The Kier molecular flexibility index (Phi) is 2.94. The number of thiophene rings is 1. The number of rotatable bonds is 3. The maximum Gasteiger partial charge on any atom is 0.0458 e. The minimum Gasteiger partial charge on any atom is -0.398 e. The molecule has 0 fully saturated rings. The fourth-order valence-electron chi connectivity index (χ4n) is 1.10. The van der Waals surface area contributed by atoms with E-state index in [1.165, 1.54) is 16.2 Å². The summed E-state index contributed by atoms with van der Waals surface area (Å²) in [6, 6.07) is 2.11. The summed E-state index contributed by atoms with van der Waals surface area (Å²) < 4.78 is 0. The number of hydrogen-bond donors (Lipinski definition) is 1. The molecule has 0 saturated carbocycles. The maximum absolute atomic E-state index is 5.81. The normalized spacial score (nSPS) is 10.4. The molecule has 0 spiro atoms. The summed E-state index contributed by atoms with van der Waals surface area (Å²) in [6.45, 7) is 4.35. The highest BCUT2D eigenvalue weighted by Gasteiger charge is 2.02. The van der Waals surface area contributed by atoms with E-state index in [-0.39, 0.29) is 0 Å². The highest BCUT2D eigenvalue weighted by molar-refractivity contribution is 7.12. The largest absolute Gasteiger partial charge is 0.398 e. The third-order valence-corrected chi connectivity index (χ3v) is 3.07. The first kappa shape index (κ1) is 8.60. The van der Waals surface area contributed by atoms with Gasteiger partial charge in [0.15, 0.2) is 0 Å². The molecule has 2 N–H and O–H groups in total. The lowest BCUT2D eigenvalue weighted by atomic mass is 10.2. The van der Waals surface area contributed by atoms with Crippen molar-refractivity contribution >= 4 is 17.0 Å². The van der Waals surface area contributed by atoms with Gasteiger partial charge < -0.3 is 5.73 Å². The van der Waals surface area contributed by atoms with E-state index < -0.39 is 0 Å². The van der Waals surface area contributed by atoms with Crippen LogP contribution in [-0.2, 0) is 12.8 Å². The molecule has 1 heterocycles. The molecule has 0 aliphatic rings. The van der Waals surface area contributed by atoms with Gasteiger partial charge in [-0.15, -0.1) is 11.3 Å². The van der Waals surface area contributed by atoms with E-state index in [0.29, 0.717) is 0 Å². The zero-order valence-electron chi connectivity index (χ0n) is 7.18. The van der Waals surface area contributed by atoms with Crippen LogP contribution < -0.4 is 5.73 Å². The lowest BCUT2D eigenvalue weighted by Gasteiger charge is -1.92. The Hall–Kier alpha value is -0.500. The molecule has 0 saturated heterocycles. The van der Waals surface area contributed by atoms with E-state index in [1.54, 1.807) is 0 Å². The molecular formula is C9H15NS. The number of nitrogen functional groups attached to an aromatic ring is 1. The zero-order chi connectivity index (χ0) is 8.27. The lowest BCUT2D eigenvalue weighted by Crippen LogP contribution is -1.86. The topological polar surface area (TPSA) is 26.0 Å². The summed E-state index contributed by atoms with van der Waals surface area (Å²) in [4.78, 5) is 2.77. The van der Waals surface area contributed by atoms with Gasteiger partial charge in [-0.3, -0.25) is 0 Å². The zero-order valence-corrected chi connectivity index (χ0v) is 8.00. The molecule has 2 heteroatoms. The van der Waals surface area contributed by atoms with Gasteiger partial charge in [-0.25, -0.2) is 0 Å². The second-order valence-electron chi connectivity index (χ2n) is 2.69. The van der Waals surface area contributed by atoms with Crippen LogP contribution in [0.5, 0.6) is 0 Å². The molecule has 11 heavy (non-hydrogen) atoms. The SMILES string of the molecule is CCCc1sc(CC)cc1N. The smallest absolute Gasteiger partial charge is 0.0458 e. The number of anilines is 1. The second kappa shape index (κ2) is 3.77. The van der Waals surface area contributed by atoms with E-state index >= 15 is 0 Å². The van der Waals surface area contributed by atoms with Gasteiger partial charge in [0.25, 0.3) is 0 Å². The molecule has 1 rings (SSSR count). The van der Waals surface area contributed by atoms with Crippen molar-refractivity contribution in [1.82, 2.24) is 0 Å². The van der Waals surface area contributed by atoms with E-state index in [9.17, 15) is 0 Å². The van der Waals surface area contributed by atoms with Crippen LogP contribution in [-0.4, -0.2) is 0 Å². The van der Waals surface area contributed by atoms with Gasteiger partial charge in [-0.05, 0) is 18.9 Å². The number of aryl methyl sites for hydroxylation is 2. The average Bonchev–Trinajstić information content (AvgIpc) is 2.33. The van der Waals surface area contributed by atoms with E-state index in [1.807, 2.05) is 11.3 Å². The molecule has 1 aromatic heterocycles. The van der Waals surface area contributed by atoms with Gasteiger partial charge in [0, 0.05) is 15.4 Å². The summed E-state index contributed by atoms with van der Waals surface area (Å²) in [5.41, 5.74) is 6.81. The third kappa shape index (κ3) is 1.96. The van der Waals surface area contributed by atoms with Crippen molar-refractivity contribution in [3.05, 3.63) is 15.8 Å². The highest BCUT2D eigenvalue weighted by atomic mass is 32.1.